The van der Waals surface area contributed by atoms with Gasteiger partial charge in [-0.25, -0.2) is 4.79 Å². The number of hydrogen-bond donors (Lipinski definition) is 0. The molecule has 16 heavy (non-hydrogen) atoms. The molecule has 1 aliphatic carbocycles. The number of Topliss-reactive ketones (excluding diaryl/α,β-unsaturated/α-hetero) is 1. The minimum absolute atomic E-state index is 0.0898. The third kappa shape index (κ3) is 1.26. The van der Waals surface area contributed by atoms with Crippen LogP contribution in [0.25, 0.3) is 0 Å². The summed E-state index contributed by atoms with van der Waals surface area (Å²) in [7, 11) is 0. The second kappa shape index (κ2) is 3.40. The Balaban J connectivity index is 2.58. The van der Waals surface area contributed by atoms with E-state index >= 15 is 0 Å². The normalized spacial score (nSPS) is 28.8. The van der Waals surface area contributed by atoms with Crippen LogP contribution >= 0.6 is 0 Å². The van der Waals surface area contributed by atoms with E-state index in [4.69, 9.17) is 4.74 Å². The maximum absolute atomic E-state index is 12.1. The fraction of sp³-hybridized carbons (Fsp3) is 0.417. The number of allylic oxidation sites excluding steroid dienone is 1. The molecule has 0 aromatic carbocycles. The SMILES string of the molecule is CC1=CC2=C(COC2=O)[C@@](C)(CC=O)C1=O. The highest BCUT2D eigenvalue weighted by molar-refractivity contribution is 6.09. The van der Waals surface area contributed by atoms with Crippen molar-refractivity contribution in [2.75, 3.05) is 6.61 Å². The third-order valence-corrected chi connectivity index (χ3v) is 3.27. The van der Waals surface area contributed by atoms with Crippen molar-refractivity contribution in [2.24, 2.45) is 5.41 Å². The zero-order valence-corrected chi connectivity index (χ0v) is 9.20. The number of ketones is 1. The van der Waals surface area contributed by atoms with Crippen LogP contribution in [0.4, 0.5) is 0 Å². The first-order chi connectivity index (χ1) is 7.50. The lowest BCUT2D eigenvalue weighted by molar-refractivity contribution is -0.135. The highest BCUT2D eigenvalue weighted by Gasteiger charge is 2.45. The van der Waals surface area contributed by atoms with Crippen molar-refractivity contribution in [3.05, 3.63) is 22.8 Å². The molecule has 84 valence electrons. The van der Waals surface area contributed by atoms with Gasteiger partial charge in [-0.15, -0.1) is 0 Å². The van der Waals surface area contributed by atoms with E-state index in [0.29, 0.717) is 23.0 Å². The lowest BCUT2D eigenvalue weighted by Crippen LogP contribution is -2.34. The summed E-state index contributed by atoms with van der Waals surface area (Å²) in [6.45, 7) is 3.46. The summed E-state index contributed by atoms with van der Waals surface area (Å²) in [5, 5.41) is 0. The zero-order chi connectivity index (χ0) is 11.9. The molecule has 1 heterocycles. The molecule has 1 atom stereocenters. The number of hydrogen-bond acceptors (Lipinski definition) is 4. The van der Waals surface area contributed by atoms with Gasteiger partial charge in [0.15, 0.2) is 5.78 Å². The summed E-state index contributed by atoms with van der Waals surface area (Å²) < 4.78 is 4.91. The zero-order valence-electron chi connectivity index (χ0n) is 9.20. The summed E-state index contributed by atoms with van der Waals surface area (Å²) in [5.74, 6) is -0.504. The molecule has 2 aliphatic rings. The average molecular weight is 220 g/mol. The maximum Gasteiger partial charge on any atom is 0.338 e. The van der Waals surface area contributed by atoms with Crippen LogP contribution in [0.1, 0.15) is 20.3 Å². The average Bonchev–Trinajstić information content (AvgIpc) is 2.59. The minimum Gasteiger partial charge on any atom is -0.457 e. The molecule has 0 N–H and O–H groups in total. The van der Waals surface area contributed by atoms with Gasteiger partial charge in [0, 0.05) is 6.42 Å². The van der Waals surface area contributed by atoms with Gasteiger partial charge in [-0.05, 0) is 31.1 Å². The predicted octanol–water partition coefficient (Wildman–Crippen LogP) is 0.964. The minimum atomic E-state index is -0.901. The molecule has 0 aromatic rings. The predicted molar refractivity (Wildman–Crippen MR) is 55.5 cm³/mol. The smallest absolute Gasteiger partial charge is 0.338 e. The second-order valence-electron chi connectivity index (χ2n) is 4.33. The van der Waals surface area contributed by atoms with Gasteiger partial charge in [0.1, 0.15) is 12.9 Å². The van der Waals surface area contributed by atoms with Crippen molar-refractivity contribution in [3.63, 3.8) is 0 Å². The third-order valence-electron chi connectivity index (χ3n) is 3.27. The molecule has 0 unspecified atom stereocenters. The molecule has 2 rings (SSSR count). The van der Waals surface area contributed by atoms with Crippen molar-refractivity contribution in [3.8, 4) is 0 Å². The molecule has 4 heteroatoms. The van der Waals surface area contributed by atoms with Gasteiger partial charge in [0.25, 0.3) is 0 Å². The summed E-state index contributed by atoms with van der Waals surface area (Å²) in [5.41, 5.74) is 0.686. The monoisotopic (exact) mass is 220 g/mol. The van der Waals surface area contributed by atoms with Crippen LogP contribution in [0.2, 0.25) is 0 Å². The number of carbonyl (C=O) groups excluding carboxylic acids is 3. The van der Waals surface area contributed by atoms with Crippen LogP contribution in [0.15, 0.2) is 22.8 Å². The molecule has 0 aromatic heterocycles. The van der Waals surface area contributed by atoms with Gasteiger partial charge in [-0.1, -0.05) is 0 Å². The Morgan fingerprint density at radius 3 is 2.81 bits per heavy atom. The molecular formula is C12H12O4. The molecule has 0 saturated heterocycles. The number of esters is 1. The van der Waals surface area contributed by atoms with Gasteiger partial charge in [0.05, 0.1) is 11.0 Å². The van der Waals surface area contributed by atoms with Crippen LogP contribution in [0, 0.1) is 5.41 Å². The standard InChI is InChI=1S/C12H12O4/c1-7-5-8-9(6-16-11(8)15)12(2,3-4-13)10(7)14/h4-5H,3,6H2,1-2H3/t12-/m1/s1. The van der Waals surface area contributed by atoms with E-state index in [9.17, 15) is 14.4 Å². The Kier molecular flexibility index (Phi) is 2.30. The Labute approximate surface area is 93.0 Å². The molecule has 0 amide bonds. The highest BCUT2D eigenvalue weighted by atomic mass is 16.5. The van der Waals surface area contributed by atoms with Gasteiger partial charge in [0.2, 0.25) is 0 Å². The number of carbonyl (C=O) groups is 3. The topological polar surface area (TPSA) is 60.4 Å². The Bertz CT molecular complexity index is 456. The molecule has 4 nitrogen and oxygen atoms in total. The Morgan fingerprint density at radius 1 is 1.50 bits per heavy atom. The molecule has 0 fully saturated rings. The van der Waals surface area contributed by atoms with Crippen LogP contribution in [-0.2, 0) is 19.1 Å². The first-order valence-corrected chi connectivity index (χ1v) is 5.08. The molecule has 0 bridgehead atoms. The van der Waals surface area contributed by atoms with Crippen LogP contribution in [-0.4, -0.2) is 24.6 Å². The number of rotatable bonds is 2. The molecular weight excluding hydrogens is 208 g/mol. The summed E-state index contributed by atoms with van der Waals surface area (Å²) in [6, 6.07) is 0. The van der Waals surface area contributed by atoms with Crippen LogP contribution in [0.3, 0.4) is 0 Å². The van der Waals surface area contributed by atoms with Crippen LogP contribution < -0.4 is 0 Å². The number of cyclic esters (lactones) is 1. The van der Waals surface area contributed by atoms with Crippen molar-refractivity contribution in [1.29, 1.82) is 0 Å². The fourth-order valence-corrected chi connectivity index (χ4v) is 2.26. The van der Waals surface area contributed by atoms with E-state index < -0.39 is 11.4 Å². The Morgan fingerprint density at radius 2 is 2.19 bits per heavy atom. The first kappa shape index (κ1) is 10.8. The molecule has 0 spiro atoms. The van der Waals surface area contributed by atoms with E-state index in [-0.39, 0.29) is 18.8 Å². The van der Waals surface area contributed by atoms with Crippen molar-refractivity contribution < 1.29 is 19.1 Å². The van der Waals surface area contributed by atoms with Gasteiger partial charge in [-0.2, -0.15) is 0 Å². The van der Waals surface area contributed by atoms with E-state index in [1.165, 1.54) is 0 Å². The molecule has 0 radical (unpaired) electrons. The van der Waals surface area contributed by atoms with E-state index in [2.05, 4.69) is 0 Å². The van der Waals surface area contributed by atoms with E-state index in [1.54, 1.807) is 19.9 Å². The molecule has 0 saturated carbocycles. The summed E-state index contributed by atoms with van der Waals surface area (Å²) >= 11 is 0. The quantitative estimate of drug-likeness (QED) is 0.513. The van der Waals surface area contributed by atoms with Crippen molar-refractivity contribution in [2.45, 2.75) is 20.3 Å². The van der Waals surface area contributed by atoms with Gasteiger partial charge in [-0.3, -0.25) is 4.79 Å². The Hall–Kier alpha value is -1.71. The van der Waals surface area contributed by atoms with Crippen molar-refractivity contribution >= 4 is 18.0 Å². The summed E-state index contributed by atoms with van der Waals surface area (Å²) in [6.07, 6.45) is 2.36. The fourth-order valence-electron chi connectivity index (χ4n) is 2.26. The number of aldehydes is 1. The highest BCUT2D eigenvalue weighted by Crippen LogP contribution is 2.42. The molecule has 1 aliphatic heterocycles. The largest absolute Gasteiger partial charge is 0.457 e. The summed E-state index contributed by atoms with van der Waals surface area (Å²) in [4.78, 5) is 34.2. The first-order valence-electron chi connectivity index (χ1n) is 5.08. The lowest BCUT2D eigenvalue weighted by atomic mass is 9.69. The lowest BCUT2D eigenvalue weighted by Gasteiger charge is -2.30. The van der Waals surface area contributed by atoms with E-state index in [1.807, 2.05) is 0 Å². The van der Waals surface area contributed by atoms with Crippen LogP contribution in [0.5, 0.6) is 0 Å². The second-order valence-corrected chi connectivity index (χ2v) is 4.33. The van der Waals surface area contributed by atoms with Gasteiger partial charge >= 0.3 is 5.97 Å². The number of ether oxygens (including phenoxy) is 1. The van der Waals surface area contributed by atoms with Gasteiger partial charge < -0.3 is 9.53 Å². The maximum atomic E-state index is 12.1. The van der Waals surface area contributed by atoms with Crippen molar-refractivity contribution in [1.82, 2.24) is 0 Å². The van der Waals surface area contributed by atoms with E-state index in [0.717, 1.165) is 0 Å².